The third kappa shape index (κ3) is 4.12. The Labute approximate surface area is 89.4 Å². The number of hydrogen-bond donors (Lipinski definition) is 3. The summed E-state index contributed by atoms with van der Waals surface area (Å²) in [5.74, 6) is 0.411. The highest BCUT2D eigenvalue weighted by molar-refractivity contribution is 5.93. The maximum atomic E-state index is 11.5. The van der Waals surface area contributed by atoms with Gasteiger partial charge in [-0.05, 0) is 12.3 Å². The molecule has 1 aromatic rings. The van der Waals surface area contributed by atoms with Crippen LogP contribution in [0.3, 0.4) is 0 Å². The molecule has 1 unspecified atom stereocenters. The van der Waals surface area contributed by atoms with Crippen molar-refractivity contribution in [2.75, 3.05) is 6.54 Å². The van der Waals surface area contributed by atoms with E-state index in [0.717, 1.165) is 6.42 Å². The average Bonchev–Trinajstić information content (AvgIpc) is 2.65. The second kappa shape index (κ2) is 5.50. The van der Waals surface area contributed by atoms with E-state index in [1.165, 1.54) is 6.20 Å². The summed E-state index contributed by atoms with van der Waals surface area (Å²) in [6.45, 7) is 4.72. The predicted octanol–water partition coefficient (Wildman–Crippen LogP) is 0.513. The van der Waals surface area contributed by atoms with Crippen molar-refractivity contribution in [3.8, 4) is 0 Å². The minimum Gasteiger partial charge on any atom is -0.350 e. The topological polar surface area (TPSA) is 83.8 Å². The third-order valence-corrected chi connectivity index (χ3v) is 2.06. The molecular weight excluding hydrogens is 192 g/mol. The first-order valence-electron chi connectivity index (χ1n) is 5.12. The molecule has 84 valence electrons. The molecular formula is C10H18N4O. The van der Waals surface area contributed by atoms with Crippen molar-refractivity contribution < 1.29 is 4.79 Å². The van der Waals surface area contributed by atoms with Crippen LogP contribution in [0.2, 0.25) is 0 Å². The van der Waals surface area contributed by atoms with Crippen molar-refractivity contribution in [3.63, 3.8) is 0 Å². The molecule has 0 aliphatic carbocycles. The number of hydrogen-bond acceptors (Lipinski definition) is 3. The zero-order valence-electron chi connectivity index (χ0n) is 9.16. The van der Waals surface area contributed by atoms with Crippen LogP contribution in [0.15, 0.2) is 12.4 Å². The van der Waals surface area contributed by atoms with E-state index >= 15 is 0 Å². The number of H-pyrrole nitrogens is 1. The lowest BCUT2D eigenvalue weighted by Crippen LogP contribution is -2.37. The second-order valence-corrected chi connectivity index (χ2v) is 4.09. The molecule has 1 amide bonds. The van der Waals surface area contributed by atoms with E-state index in [-0.39, 0.29) is 11.9 Å². The summed E-state index contributed by atoms with van der Waals surface area (Å²) in [7, 11) is 0. The first-order chi connectivity index (χ1) is 7.09. The maximum Gasteiger partial charge on any atom is 0.254 e. The van der Waals surface area contributed by atoms with Crippen molar-refractivity contribution in [1.82, 2.24) is 15.5 Å². The van der Waals surface area contributed by atoms with Gasteiger partial charge in [0.1, 0.15) is 0 Å². The number of carbonyl (C=O) groups excluding carboxylic acids is 1. The van der Waals surface area contributed by atoms with Gasteiger partial charge in [-0.15, -0.1) is 0 Å². The summed E-state index contributed by atoms with van der Waals surface area (Å²) < 4.78 is 0. The molecule has 5 heteroatoms. The Morgan fingerprint density at radius 1 is 1.67 bits per heavy atom. The van der Waals surface area contributed by atoms with Crippen LogP contribution in [0.4, 0.5) is 0 Å². The summed E-state index contributed by atoms with van der Waals surface area (Å²) in [5.41, 5.74) is 6.37. The molecule has 1 rings (SSSR count). The van der Waals surface area contributed by atoms with Gasteiger partial charge in [0.2, 0.25) is 0 Å². The molecule has 0 saturated heterocycles. The van der Waals surface area contributed by atoms with Crippen LogP contribution in [0.5, 0.6) is 0 Å². The van der Waals surface area contributed by atoms with Crippen LogP contribution in [0, 0.1) is 5.92 Å². The normalized spacial score (nSPS) is 12.8. The zero-order chi connectivity index (χ0) is 11.3. The Hall–Kier alpha value is -1.36. The first-order valence-corrected chi connectivity index (χ1v) is 5.12. The molecule has 0 radical (unpaired) electrons. The first kappa shape index (κ1) is 11.7. The van der Waals surface area contributed by atoms with Gasteiger partial charge in [0.05, 0.1) is 11.8 Å². The molecule has 0 saturated carbocycles. The molecule has 0 aromatic carbocycles. The second-order valence-electron chi connectivity index (χ2n) is 4.09. The van der Waals surface area contributed by atoms with Crippen LogP contribution >= 0.6 is 0 Å². The number of nitrogens with two attached hydrogens (primary N) is 1. The van der Waals surface area contributed by atoms with Crippen molar-refractivity contribution in [3.05, 3.63) is 18.0 Å². The number of nitrogens with one attached hydrogen (secondary N) is 2. The van der Waals surface area contributed by atoms with E-state index in [1.54, 1.807) is 6.20 Å². The lowest BCUT2D eigenvalue weighted by atomic mass is 10.0. The minimum atomic E-state index is -0.136. The summed E-state index contributed by atoms with van der Waals surface area (Å²) in [4.78, 5) is 11.5. The number of rotatable bonds is 5. The smallest absolute Gasteiger partial charge is 0.254 e. The molecule has 0 spiro atoms. The Balaban J connectivity index is 2.28. The van der Waals surface area contributed by atoms with Crippen molar-refractivity contribution in [2.24, 2.45) is 11.7 Å². The average molecular weight is 210 g/mol. The van der Waals surface area contributed by atoms with Gasteiger partial charge in [-0.3, -0.25) is 9.89 Å². The quantitative estimate of drug-likeness (QED) is 0.662. The van der Waals surface area contributed by atoms with Crippen LogP contribution in [0.1, 0.15) is 30.6 Å². The Morgan fingerprint density at radius 2 is 2.40 bits per heavy atom. The number of amides is 1. The molecule has 1 atom stereocenters. The van der Waals surface area contributed by atoms with Gasteiger partial charge < -0.3 is 11.1 Å². The lowest BCUT2D eigenvalue weighted by molar-refractivity contribution is 0.0950. The Bertz CT molecular complexity index is 294. The van der Waals surface area contributed by atoms with Crippen molar-refractivity contribution >= 4 is 5.91 Å². The van der Waals surface area contributed by atoms with Gasteiger partial charge in [0, 0.05) is 18.8 Å². The summed E-state index contributed by atoms with van der Waals surface area (Å²) >= 11 is 0. The van der Waals surface area contributed by atoms with Gasteiger partial charge >= 0.3 is 0 Å². The fraction of sp³-hybridized carbons (Fsp3) is 0.600. The molecule has 5 nitrogen and oxygen atoms in total. The fourth-order valence-electron chi connectivity index (χ4n) is 1.39. The number of nitrogens with zero attached hydrogens (tertiary/aromatic N) is 1. The molecule has 0 aliphatic heterocycles. The van der Waals surface area contributed by atoms with Crippen LogP contribution in [0.25, 0.3) is 0 Å². The minimum absolute atomic E-state index is 0.0147. The highest BCUT2D eigenvalue weighted by atomic mass is 16.1. The lowest BCUT2D eigenvalue weighted by Gasteiger charge is -2.14. The maximum absolute atomic E-state index is 11.5. The Kier molecular flexibility index (Phi) is 4.30. The number of aromatic amines is 1. The van der Waals surface area contributed by atoms with Gasteiger partial charge in [-0.25, -0.2) is 0 Å². The highest BCUT2D eigenvalue weighted by Crippen LogP contribution is 2.01. The Morgan fingerprint density at radius 3 is 2.93 bits per heavy atom. The van der Waals surface area contributed by atoms with Crippen LogP contribution < -0.4 is 11.1 Å². The van der Waals surface area contributed by atoms with Gasteiger partial charge in [-0.2, -0.15) is 5.10 Å². The molecule has 0 aliphatic rings. The third-order valence-electron chi connectivity index (χ3n) is 2.06. The number of carbonyl (C=O) groups is 1. The number of aromatic nitrogens is 2. The van der Waals surface area contributed by atoms with E-state index in [2.05, 4.69) is 29.4 Å². The SMILES string of the molecule is CC(C)CC(N)CNC(=O)c1cn[nH]c1. The van der Waals surface area contributed by atoms with Gasteiger partial charge in [-0.1, -0.05) is 13.8 Å². The summed E-state index contributed by atoms with van der Waals surface area (Å²) in [6.07, 6.45) is 3.96. The van der Waals surface area contributed by atoms with Crippen molar-refractivity contribution in [2.45, 2.75) is 26.3 Å². The van der Waals surface area contributed by atoms with Crippen molar-refractivity contribution in [1.29, 1.82) is 0 Å². The monoisotopic (exact) mass is 210 g/mol. The standard InChI is InChI=1S/C10H18N4O/c1-7(2)3-9(11)6-12-10(15)8-4-13-14-5-8/h4-5,7,9H,3,6,11H2,1-2H3,(H,12,15)(H,13,14). The predicted molar refractivity (Wildman–Crippen MR) is 58.4 cm³/mol. The van der Waals surface area contributed by atoms with Gasteiger partial charge in [0.15, 0.2) is 0 Å². The molecule has 1 heterocycles. The molecule has 15 heavy (non-hydrogen) atoms. The molecule has 0 bridgehead atoms. The molecule has 4 N–H and O–H groups in total. The van der Waals surface area contributed by atoms with Crippen LogP contribution in [-0.4, -0.2) is 28.7 Å². The van der Waals surface area contributed by atoms with Crippen LogP contribution in [-0.2, 0) is 0 Å². The largest absolute Gasteiger partial charge is 0.350 e. The molecule has 0 fully saturated rings. The summed E-state index contributed by atoms with van der Waals surface area (Å²) in [5, 5.41) is 9.06. The highest BCUT2D eigenvalue weighted by Gasteiger charge is 2.09. The van der Waals surface area contributed by atoms with E-state index < -0.39 is 0 Å². The van der Waals surface area contributed by atoms with E-state index in [4.69, 9.17) is 5.73 Å². The van der Waals surface area contributed by atoms with E-state index in [1.807, 2.05) is 0 Å². The van der Waals surface area contributed by atoms with E-state index in [0.29, 0.717) is 18.0 Å². The molecule has 1 aromatic heterocycles. The van der Waals surface area contributed by atoms with Gasteiger partial charge in [0.25, 0.3) is 5.91 Å². The van der Waals surface area contributed by atoms with E-state index in [9.17, 15) is 4.79 Å². The summed E-state index contributed by atoms with van der Waals surface area (Å²) in [6, 6.07) is 0.0147. The fourth-order valence-corrected chi connectivity index (χ4v) is 1.39. The zero-order valence-corrected chi connectivity index (χ0v) is 9.16.